The van der Waals surface area contributed by atoms with Gasteiger partial charge in [-0.15, -0.1) is 5.73 Å². The Labute approximate surface area is 77.5 Å². The molecule has 0 bridgehead atoms. The van der Waals surface area contributed by atoms with Crippen LogP contribution in [0.3, 0.4) is 0 Å². The Hall–Kier alpha value is -1.79. The van der Waals surface area contributed by atoms with Crippen LogP contribution in [0, 0.1) is 0 Å². The van der Waals surface area contributed by atoms with Crippen molar-refractivity contribution in [2.45, 2.75) is 6.42 Å². The van der Waals surface area contributed by atoms with Gasteiger partial charge in [-0.2, -0.15) is 0 Å². The molecule has 0 aromatic heterocycles. The minimum Gasteiger partial charge on any atom is -0.411 e. The van der Waals surface area contributed by atoms with Gasteiger partial charge in [-0.3, -0.25) is 0 Å². The summed E-state index contributed by atoms with van der Waals surface area (Å²) in [6, 6.07) is 9.51. The molecule has 0 amide bonds. The number of benzene rings is 1. The Balaban J connectivity index is 2.86. The van der Waals surface area contributed by atoms with Crippen molar-refractivity contribution in [3.8, 4) is 0 Å². The van der Waals surface area contributed by atoms with Crippen molar-refractivity contribution in [1.29, 1.82) is 0 Å². The van der Waals surface area contributed by atoms with E-state index in [0.29, 0.717) is 12.1 Å². The van der Waals surface area contributed by atoms with Gasteiger partial charge in [0.2, 0.25) is 0 Å². The highest BCUT2D eigenvalue weighted by atomic mass is 16.4. The third-order valence-electron chi connectivity index (χ3n) is 1.67. The average molecular weight is 173 g/mol. The van der Waals surface area contributed by atoms with Crippen LogP contribution in [-0.2, 0) is 0 Å². The summed E-state index contributed by atoms with van der Waals surface area (Å²) in [6.45, 7) is 3.44. The Morgan fingerprint density at radius 2 is 2.15 bits per heavy atom. The summed E-state index contributed by atoms with van der Waals surface area (Å²) in [5.41, 5.74) is 4.17. The van der Waals surface area contributed by atoms with Crippen LogP contribution in [0.1, 0.15) is 12.0 Å². The maximum atomic E-state index is 8.73. The average Bonchev–Trinajstić information content (AvgIpc) is 2.21. The van der Waals surface area contributed by atoms with E-state index in [0.717, 1.165) is 5.56 Å². The zero-order chi connectivity index (χ0) is 9.52. The summed E-state index contributed by atoms with van der Waals surface area (Å²) < 4.78 is 0. The van der Waals surface area contributed by atoms with E-state index < -0.39 is 0 Å². The van der Waals surface area contributed by atoms with Crippen LogP contribution in [0.25, 0.3) is 0 Å². The second-order valence-corrected chi connectivity index (χ2v) is 2.53. The zero-order valence-electron chi connectivity index (χ0n) is 7.27. The van der Waals surface area contributed by atoms with Gasteiger partial charge in [0.05, 0.1) is 5.71 Å². The van der Waals surface area contributed by atoms with Crippen LogP contribution in [0.4, 0.5) is 0 Å². The Bertz CT molecular complexity index is 334. The van der Waals surface area contributed by atoms with Gasteiger partial charge < -0.3 is 5.21 Å². The van der Waals surface area contributed by atoms with Crippen LogP contribution in [-0.4, -0.2) is 10.9 Å². The number of hydrogen-bond donors (Lipinski definition) is 1. The number of nitrogens with zero attached hydrogens (tertiary/aromatic N) is 1. The fourth-order valence-electron chi connectivity index (χ4n) is 1.02. The molecule has 2 heteroatoms. The lowest BCUT2D eigenvalue weighted by Crippen LogP contribution is -1.98. The Morgan fingerprint density at radius 3 is 2.69 bits per heavy atom. The molecule has 0 unspecified atom stereocenters. The maximum absolute atomic E-state index is 8.73. The molecular formula is C11H11NO. The van der Waals surface area contributed by atoms with Gasteiger partial charge in [0.15, 0.2) is 0 Å². The molecule has 1 N–H and O–H groups in total. The number of hydrogen-bond acceptors (Lipinski definition) is 2. The lowest BCUT2D eigenvalue weighted by Gasteiger charge is -1.99. The SMILES string of the molecule is C=C=CC/C(=N\O)c1ccccc1. The summed E-state index contributed by atoms with van der Waals surface area (Å²) in [7, 11) is 0. The fourth-order valence-corrected chi connectivity index (χ4v) is 1.02. The van der Waals surface area contributed by atoms with Gasteiger partial charge in [0.1, 0.15) is 0 Å². The predicted octanol–water partition coefficient (Wildman–Crippen LogP) is 2.60. The summed E-state index contributed by atoms with van der Waals surface area (Å²) in [4.78, 5) is 0. The molecule has 0 aliphatic carbocycles. The molecule has 1 rings (SSSR count). The second-order valence-electron chi connectivity index (χ2n) is 2.53. The maximum Gasteiger partial charge on any atom is 0.0911 e. The third kappa shape index (κ3) is 2.62. The fraction of sp³-hybridized carbons (Fsp3) is 0.0909. The molecule has 0 aliphatic rings. The van der Waals surface area contributed by atoms with Gasteiger partial charge >= 0.3 is 0 Å². The van der Waals surface area contributed by atoms with Crippen molar-refractivity contribution in [3.63, 3.8) is 0 Å². The molecule has 1 aromatic rings. The Kier molecular flexibility index (Phi) is 3.55. The number of oxime groups is 1. The monoisotopic (exact) mass is 173 g/mol. The van der Waals surface area contributed by atoms with E-state index in [4.69, 9.17) is 5.21 Å². The standard InChI is InChI=1S/C11H11NO/c1-2-3-9-11(12-13)10-7-5-4-6-8-10/h3-8,13H,1,9H2/b12-11+. The molecule has 0 heterocycles. The highest BCUT2D eigenvalue weighted by Gasteiger charge is 1.99. The predicted molar refractivity (Wildman–Crippen MR) is 53.1 cm³/mol. The molecule has 1 aromatic carbocycles. The molecule has 0 radical (unpaired) electrons. The first-order valence-electron chi connectivity index (χ1n) is 3.99. The normalized spacial score (nSPS) is 10.6. The zero-order valence-corrected chi connectivity index (χ0v) is 7.27. The van der Waals surface area contributed by atoms with Crippen LogP contribution < -0.4 is 0 Å². The van der Waals surface area contributed by atoms with Crippen molar-refractivity contribution >= 4 is 5.71 Å². The van der Waals surface area contributed by atoms with E-state index in [1.54, 1.807) is 6.08 Å². The summed E-state index contributed by atoms with van der Waals surface area (Å²) in [6.07, 6.45) is 2.27. The van der Waals surface area contributed by atoms with Crippen molar-refractivity contribution in [2.75, 3.05) is 0 Å². The van der Waals surface area contributed by atoms with Crippen LogP contribution >= 0.6 is 0 Å². The minimum atomic E-state index is 0.546. The summed E-state index contributed by atoms with van der Waals surface area (Å²) in [5, 5.41) is 11.9. The van der Waals surface area contributed by atoms with Gasteiger partial charge in [0.25, 0.3) is 0 Å². The van der Waals surface area contributed by atoms with E-state index in [1.807, 2.05) is 30.3 Å². The smallest absolute Gasteiger partial charge is 0.0911 e. The second kappa shape index (κ2) is 4.96. The lowest BCUT2D eigenvalue weighted by atomic mass is 10.1. The highest BCUT2D eigenvalue weighted by Crippen LogP contribution is 2.04. The first-order valence-corrected chi connectivity index (χ1v) is 3.99. The first kappa shape index (κ1) is 9.30. The van der Waals surface area contributed by atoms with Crippen molar-refractivity contribution in [1.82, 2.24) is 0 Å². The highest BCUT2D eigenvalue weighted by molar-refractivity contribution is 6.00. The van der Waals surface area contributed by atoms with E-state index in [1.165, 1.54) is 0 Å². The van der Waals surface area contributed by atoms with Crippen LogP contribution in [0.15, 0.2) is 53.9 Å². The van der Waals surface area contributed by atoms with E-state index in [9.17, 15) is 0 Å². The molecule has 0 fully saturated rings. The number of rotatable bonds is 3. The quantitative estimate of drug-likeness (QED) is 0.324. The molecule has 13 heavy (non-hydrogen) atoms. The third-order valence-corrected chi connectivity index (χ3v) is 1.67. The molecule has 66 valence electrons. The van der Waals surface area contributed by atoms with Gasteiger partial charge in [0, 0.05) is 6.42 Å². The first-order chi connectivity index (χ1) is 6.38. The Morgan fingerprint density at radius 1 is 1.46 bits per heavy atom. The number of allylic oxidation sites excluding steroid dienone is 1. The van der Waals surface area contributed by atoms with Gasteiger partial charge in [-0.25, -0.2) is 0 Å². The largest absolute Gasteiger partial charge is 0.411 e. The van der Waals surface area contributed by atoms with Crippen molar-refractivity contribution < 1.29 is 5.21 Å². The lowest BCUT2D eigenvalue weighted by molar-refractivity contribution is 0.318. The topological polar surface area (TPSA) is 32.6 Å². The van der Waals surface area contributed by atoms with Crippen molar-refractivity contribution in [2.24, 2.45) is 5.16 Å². The molecule has 0 saturated carbocycles. The molecule has 0 saturated heterocycles. The molecule has 0 aliphatic heterocycles. The van der Waals surface area contributed by atoms with E-state index in [2.05, 4.69) is 17.5 Å². The molecule has 0 atom stereocenters. The van der Waals surface area contributed by atoms with Gasteiger partial charge in [-0.1, -0.05) is 42.1 Å². The minimum absolute atomic E-state index is 0.546. The van der Waals surface area contributed by atoms with E-state index in [-0.39, 0.29) is 0 Å². The molecule has 0 spiro atoms. The summed E-state index contributed by atoms with van der Waals surface area (Å²) >= 11 is 0. The molecular weight excluding hydrogens is 162 g/mol. The molecule has 2 nitrogen and oxygen atoms in total. The van der Waals surface area contributed by atoms with Crippen molar-refractivity contribution in [3.05, 3.63) is 54.3 Å². The van der Waals surface area contributed by atoms with Crippen LogP contribution in [0.2, 0.25) is 0 Å². The summed E-state index contributed by atoms with van der Waals surface area (Å²) in [5.74, 6) is 0. The van der Waals surface area contributed by atoms with E-state index >= 15 is 0 Å². The van der Waals surface area contributed by atoms with Crippen LogP contribution in [0.5, 0.6) is 0 Å². The van der Waals surface area contributed by atoms with Gasteiger partial charge in [-0.05, 0) is 11.6 Å².